The zero-order chi connectivity index (χ0) is 37.1. The number of aryl methyl sites for hydroxylation is 1. The summed E-state index contributed by atoms with van der Waals surface area (Å²) in [5.41, 5.74) is 4.00. The Morgan fingerprint density at radius 2 is 1.75 bits per heavy atom. The predicted octanol–water partition coefficient (Wildman–Crippen LogP) is 6.07. The minimum Gasteiger partial charge on any atom is -0.464 e. The third kappa shape index (κ3) is 7.99. The van der Waals surface area contributed by atoms with Crippen molar-refractivity contribution in [2.24, 2.45) is 7.05 Å². The lowest BCUT2D eigenvalue weighted by Crippen LogP contribution is -2.47. The van der Waals surface area contributed by atoms with Crippen LogP contribution in [-0.4, -0.2) is 59.0 Å². The van der Waals surface area contributed by atoms with E-state index in [1.54, 1.807) is 18.0 Å². The average Bonchev–Trinajstić information content (AvgIpc) is 3.82. The number of nitrogens with one attached hydrogen (secondary N) is 1. The molecule has 15 heteroatoms. The number of nitro benzene ring substituents is 1. The number of aliphatic hydroxyl groups is 1. The number of nitrogens with zero attached hydrogens (tertiary/aromatic N) is 6. The maximum absolute atomic E-state index is 13.6. The zero-order valence-electron chi connectivity index (χ0n) is 28.8. The van der Waals surface area contributed by atoms with Gasteiger partial charge in [-0.25, -0.2) is 9.78 Å². The van der Waals surface area contributed by atoms with Gasteiger partial charge in [0.15, 0.2) is 5.52 Å². The fourth-order valence-corrected chi connectivity index (χ4v) is 6.76. The van der Waals surface area contributed by atoms with Crippen LogP contribution in [0.1, 0.15) is 29.5 Å². The number of halogens is 1. The quantitative estimate of drug-likeness (QED) is 0.117. The molecule has 4 heterocycles. The summed E-state index contributed by atoms with van der Waals surface area (Å²) in [7, 11) is 1.75. The molecule has 0 bridgehead atoms. The summed E-state index contributed by atoms with van der Waals surface area (Å²) < 4.78 is 13.8. The molecule has 3 aromatic carbocycles. The Kier molecular flexibility index (Phi) is 10.1. The zero-order valence-corrected chi connectivity index (χ0v) is 29.5. The molecule has 7 rings (SSSR count). The first-order valence-electron chi connectivity index (χ1n) is 17.0. The number of hydrogen-bond donors (Lipinski definition) is 2. The maximum atomic E-state index is 13.6. The molecule has 2 N–H and O–H groups in total. The summed E-state index contributed by atoms with van der Waals surface area (Å²) in [5, 5.41) is 30.2. The molecule has 0 unspecified atom stereocenters. The van der Waals surface area contributed by atoms with Gasteiger partial charge in [0.05, 0.1) is 35.4 Å². The number of piperidine rings is 1. The van der Waals surface area contributed by atoms with Gasteiger partial charge in [-0.15, -0.1) is 0 Å². The van der Waals surface area contributed by atoms with Crippen LogP contribution in [0, 0.1) is 10.1 Å². The van der Waals surface area contributed by atoms with E-state index >= 15 is 0 Å². The first-order chi connectivity index (χ1) is 25.5. The lowest BCUT2D eigenvalue weighted by atomic mass is 9.91. The van der Waals surface area contributed by atoms with E-state index in [2.05, 4.69) is 20.3 Å². The minimum atomic E-state index is -1.08. The van der Waals surface area contributed by atoms with Crippen molar-refractivity contribution < 1.29 is 24.0 Å². The van der Waals surface area contributed by atoms with E-state index in [4.69, 9.17) is 20.8 Å². The Hall–Kier alpha value is -5.83. The molecule has 3 aromatic heterocycles. The average molecular weight is 738 g/mol. The second-order valence-corrected chi connectivity index (χ2v) is 13.6. The summed E-state index contributed by atoms with van der Waals surface area (Å²) in [4.78, 5) is 43.0. The number of fused-ring (bicyclic) bond motifs is 1. The van der Waals surface area contributed by atoms with E-state index in [0.29, 0.717) is 54.3 Å². The highest BCUT2D eigenvalue weighted by Gasteiger charge is 2.34. The molecule has 272 valence electrons. The van der Waals surface area contributed by atoms with E-state index < -0.39 is 16.6 Å². The highest BCUT2D eigenvalue weighted by Crippen LogP contribution is 2.30. The molecule has 1 amide bonds. The van der Waals surface area contributed by atoms with Gasteiger partial charge in [0.2, 0.25) is 0 Å². The molecule has 1 aliphatic rings. The SMILES string of the molecule is Cn1nc2c(=O)n(CC3(O)CCN(Cc4ccc(-c5ccco5)cc4Cl)CC3)cnc2c1-c1ccc(CNC(=O)OCc2ccc([N+](=O)[O-])cc2)cc1. The van der Waals surface area contributed by atoms with Crippen LogP contribution in [-0.2, 0) is 38.0 Å². The van der Waals surface area contributed by atoms with Crippen LogP contribution in [0.5, 0.6) is 0 Å². The molecule has 6 aromatic rings. The Balaban J connectivity index is 0.945. The number of non-ortho nitro benzene ring substituents is 1. The van der Waals surface area contributed by atoms with Crippen molar-refractivity contribution in [3.63, 3.8) is 0 Å². The molecule has 53 heavy (non-hydrogen) atoms. The van der Waals surface area contributed by atoms with Crippen LogP contribution < -0.4 is 10.9 Å². The predicted molar refractivity (Wildman–Crippen MR) is 197 cm³/mol. The fourth-order valence-electron chi connectivity index (χ4n) is 6.51. The van der Waals surface area contributed by atoms with Crippen LogP contribution >= 0.6 is 11.6 Å². The van der Waals surface area contributed by atoms with Gasteiger partial charge < -0.3 is 19.6 Å². The molecule has 0 saturated carbocycles. The number of amides is 1. The number of nitro groups is 1. The van der Waals surface area contributed by atoms with Gasteiger partial charge in [-0.05, 0) is 59.9 Å². The van der Waals surface area contributed by atoms with E-state index in [1.807, 2.05) is 54.6 Å². The summed E-state index contributed by atoms with van der Waals surface area (Å²) in [6.07, 6.45) is 3.43. The lowest BCUT2D eigenvalue weighted by molar-refractivity contribution is -0.384. The normalized spacial score (nSPS) is 14.3. The number of likely N-dealkylation sites (tertiary alicyclic amines) is 1. The molecule has 0 radical (unpaired) electrons. The third-order valence-corrected chi connectivity index (χ3v) is 9.85. The smallest absolute Gasteiger partial charge is 0.407 e. The van der Waals surface area contributed by atoms with Crippen molar-refractivity contribution in [1.29, 1.82) is 0 Å². The standard InChI is InChI=1S/C38H36ClN7O7/c1-43-35(27-8-4-25(5-9-27)20-40-37(48)53-22-26-6-12-30(13-7-26)46(50)51)33-34(42-43)36(47)45(24-41-33)23-38(49)14-16-44(17-15-38)21-29-11-10-28(19-31(29)39)32-3-2-18-52-32/h2-13,18-19,24,49H,14-17,20-23H2,1H3,(H,40,48). The number of hydrogen-bond acceptors (Lipinski definition) is 10. The number of furan rings is 1. The van der Waals surface area contributed by atoms with Crippen molar-refractivity contribution in [3.8, 4) is 22.6 Å². The number of benzene rings is 3. The Morgan fingerprint density at radius 1 is 1.04 bits per heavy atom. The molecule has 0 aliphatic carbocycles. The van der Waals surface area contributed by atoms with Crippen LogP contribution in [0.25, 0.3) is 33.6 Å². The first kappa shape index (κ1) is 35.6. The number of aromatic nitrogens is 4. The topological polar surface area (TPSA) is 171 Å². The summed E-state index contributed by atoms with van der Waals surface area (Å²) in [6, 6.07) is 22.8. The molecular formula is C38H36ClN7O7. The van der Waals surface area contributed by atoms with Gasteiger partial charge in [0.1, 0.15) is 17.9 Å². The summed E-state index contributed by atoms with van der Waals surface area (Å²) in [6.45, 7) is 2.21. The molecule has 1 fully saturated rings. The van der Waals surface area contributed by atoms with E-state index in [0.717, 1.165) is 28.0 Å². The van der Waals surface area contributed by atoms with E-state index in [-0.39, 0.29) is 36.5 Å². The number of ether oxygens (including phenoxy) is 1. The maximum Gasteiger partial charge on any atom is 0.407 e. The highest BCUT2D eigenvalue weighted by atomic mass is 35.5. The molecular weight excluding hydrogens is 702 g/mol. The highest BCUT2D eigenvalue weighted by molar-refractivity contribution is 6.31. The van der Waals surface area contributed by atoms with Crippen molar-refractivity contribution in [2.45, 2.75) is 44.7 Å². The number of carbonyl (C=O) groups is 1. The first-order valence-corrected chi connectivity index (χ1v) is 17.4. The van der Waals surface area contributed by atoms with Gasteiger partial charge in [-0.1, -0.05) is 48.0 Å². The molecule has 14 nitrogen and oxygen atoms in total. The van der Waals surface area contributed by atoms with Gasteiger partial charge in [0.25, 0.3) is 11.2 Å². The Bertz CT molecular complexity index is 2310. The Labute approximate surface area is 308 Å². The lowest BCUT2D eigenvalue weighted by Gasteiger charge is -2.38. The third-order valence-electron chi connectivity index (χ3n) is 9.50. The summed E-state index contributed by atoms with van der Waals surface area (Å²) >= 11 is 6.61. The van der Waals surface area contributed by atoms with Crippen LogP contribution in [0.2, 0.25) is 5.02 Å². The van der Waals surface area contributed by atoms with Crippen molar-refractivity contribution in [3.05, 3.63) is 134 Å². The van der Waals surface area contributed by atoms with Crippen LogP contribution in [0.15, 0.2) is 101 Å². The fraction of sp³-hybridized carbons (Fsp3) is 0.263. The monoisotopic (exact) mass is 737 g/mol. The molecule has 0 spiro atoms. The number of rotatable bonds is 11. The molecule has 0 atom stereocenters. The van der Waals surface area contributed by atoms with E-state index in [9.17, 15) is 24.8 Å². The largest absolute Gasteiger partial charge is 0.464 e. The van der Waals surface area contributed by atoms with Gasteiger partial charge in [-0.2, -0.15) is 5.10 Å². The van der Waals surface area contributed by atoms with Crippen molar-refractivity contribution in [2.75, 3.05) is 13.1 Å². The second-order valence-electron chi connectivity index (χ2n) is 13.2. The van der Waals surface area contributed by atoms with Crippen molar-refractivity contribution >= 4 is 34.4 Å². The van der Waals surface area contributed by atoms with Crippen LogP contribution in [0.4, 0.5) is 10.5 Å². The Morgan fingerprint density at radius 3 is 2.43 bits per heavy atom. The summed E-state index contributed by atoms with van der Waals surface area (Å²) in [5.74, 6) is 0.758. The van der Waals surface area contributed by atoms with E-state index in [1.165, 1.54) is 35.2 Å². The van der Waals surface area contributed by atoms with Crippen LogP contribution in [0.3, 0.4) is 0 Å². The minimum absolute atomic E-state index is 0.0252. The number of carbonyl (C=O) groups excluding carboxylic acids is 1. The van der Waals surface area contributed by atoms with Crippen molar-refractivity contribution in [1.82, 2.24) is 29.5 Å². The molecule has 1 aliphatic heterocycles. The van der Waals surface area contributed by atoms with Gasteiger partial charge in [0, 0.05) is 61.5 Å². The molecule has 1 saturated heterocycles. The number of alkyl carbamates (subject to hydrolysis) is 1. The van der Waals surface area contributed by atoms with Gasteiger partial charge in [-0.3, -0.25) is 29.1 Å². The second kappa shape index (κ2) is 15.0. The van der Waals surface area contributed by atoms with Gasteiger partial charge >= 0.3 is 6.09 Å².